The average Bonchev–Trinajstić information content (AvgIpc) is 3.58. The number of rotatable bonds is 8. The van der Waals surface area contributed by atoms with Gasteiger partial charge in [0.15, 0.2) is 0 Å². The number of nitrogens with zero attached hydrogens (tertiary/aromatic N) is 4. The number of phenols is 2. The van der Waals surface area contributed by atoms with E-state index in [1.54, 1.807) is 0 Å². The highest BCUT2D eigenvalue weighted by Gasteiger charge is 2.58. The molecule has 0 aromatic heterocycles. The van der Waals surface area contributed by atoms with Gasteiger partial charge in [-0.25, -0.2) is 0 Å². The lowest BCUT2D eigenvalue weighted by molar-refractivity contribution is -0.0000162. The van der Waals surface area contributed by atoms with Gasteiger partial charge in [-0.1, -0.05) is 141 Å². The van der Waals surface area contributed by atoms with Gasteiger partial charge in [0.05, 0.1) is 12.1 Å². The van der Waals surface area contributed by atoms with Crippen molar-refractivity contribution < 1.29 is 22.6 Å². The van der Waals surface area contributed by atoms with E-state index >= 15 is 0 Å². The van der Waals surface area contributed by atoms with Gasteiger partial charge < -0.3 is 22.6 Å². The van der Waals surface area contributed by atoms with Gasteiger partial charge in [-0.3, -0.25) is 19.8 Å². The molecule has 6 nitrogen and oxygen atoms in total. The second kappa shape index (κ2) is 17.3. The number of benzene rings is 2. The Morgan fingerprint density at radius 2 is 0.947 bits per heavy atom. The maximum Gasteiger partial charge on any atom is 0.128 e. The highest BCUT2D eigenvalue weighted by atomic mass is 35.5. The van der Waals surface area contributed by atoms with Crippen LogP contribution in [0.1, 0.15) is 188 Å². The molecule has 3 unspecified atom stereocenters. The molecule has 57 heavy (non-hydrogen) atoms. The lowest BCUT2D eigenvalue weighted by Crippen LogP contribution is -3.00. The highest BCUT2D eigenvalue weighted by molar-refractivity contribution is 5.86. The van der Waals surface area contributed by atoms with Crippen LogP contribution in [0.2, 0.25) is 0 Å². The number of phenolic OH excluding ortho intramolecular Hbond substituents is 2. The first kappa shape index (κ1) is 45.7. The zero-order chi connectivity index (χ0) is 41.0. The van der Waals surface area contributed by atoms with Crippen LogP contribution in [-0.2, 0) is 21.7 Å². The first-order valence-corrected chi connectivity index (χ1v) is 22.4. The van der Waals surface area contributed by atoms with Gasteiger partial charge in [-0.15, -0.1) is 0 Å². The van der Waals surface area contributed by atoms with E-state index in [-0.39, 0.29) is 46.2 Å². The van der Waals surface area contributed by atoms with E-state index in [0.29, 0.717) is 29.5 Å². The summed E-state index contributed by atoms with van der Waals surface area (Å²) in [5, 5.41) is 23.4. The van der Waals surface area contributed by atoms with Crippen LogP contribution in [0.5, 0.6) is 11.5 Å². The van der Waals surface area contributed by atoms with Crippen molar-refractivity contribution in [2.75, 3.05) is 13.1 Å². The summed E-state index contributed by atoms with van der Waals surface area (Å²) >= 11 is 0. The van der Waals surface area contributed by atoms with Crippen LogP contribution in [0.15, 0.2) is 34.3 Å². The summed E-state index contributed by atoms with van der Waals surface area (Å²) in [5.74, 6) is 1.28. The summed E-state index contributed by atoms with van der Waals surface area (Å²) in [7, 11) is 0. The van der Waals surface area contributed by atoms with E-state index in [1.807, 2.05) is 12.4 Å². The standard InChI is InChI=1S/C50H78N4O2.ClH/c1-32-43(44(32)54(37-20-16-14-17-21-37)38-22-18-15-19-23-38)53-30-41(51-28-33-24-35(47(2,3)4)26-39(45(33)55)49(8,9)10)42(31-53)52-29-34-25-36(48(5,6)7)27-40(46(34)56)50(11,12)13;/h24-29,32,37-38,41-44,55-56H,14-23,30-31H2,1-13H3;1H/p-1/t32?,41-,42-,43?,44?;/m0./s1. The molecule has 2 N–H and O–H groups in total. The van der Waals surface area contributed by atoms with Gasteiger partial charge in [-0.05, 0) is 76.5 Å². The zero-order valence-corrected chi connectivity index (χ0v) is 38.8. The summed E-state index contributed by atoms with van der Waals surface area (Å²) in [4.78, 5) is 16.5. The molecule has 1 saturated heterocycles. The first-order chi connectivity index (χ1) is 26.1. The SMILES string of the molecule is CC1C(N2C[C@H](N=Cc3cc(C(C)(C)C)cc(C(C)(C)C)c3O)[C@@H](N=Cc3cc(C(C)(C)C)cc(C(C)(C)C)c3O)C2)C1N(C1CCCCC1)C1CCCCC1.[Cl-]. The van der Waals surface area contributed by atoms with Crippen molar-refractivity contribution in [2.24, 2.45) is 15.9 Å². The quantitative estimate of drug-likeness (QED) is 0.264. The molecular weight excluding hydrogens is 724 g/mol. The Bertz CT molecular complexity index is 1630. The van der Waals surface area contributed by atoms with E-state index in [9.17, 15) is 10.2 Å². The average molecular weight is 803 g/mol. The molecule has 4 aliphatic rings. The Morgan fingerprint density at radius 3 is 1.28 bits per heavy atom. The number of likely N-dealkylation sites (tertiary alicyclic amines) is 1. The molecule has 6 rings (SSSR count). The Balaban J connectivity index is 0.00000620. The smallest absolute Gasteiger partial charge is 0.128 e. The molecule has 2 aromatic rings. The number of aliphatic imine (C=N–C) groups is 2. The van der Waals surface area contributed by atoms with Crippen molar-refractivity contribution in [2.45, 2.75) is 212 Å². The fraction of sp³-hybridized carbons (Fsp3) is 0.720. The Labute approximate surface area is 353 Å². The van der Waals surface area contributed by atoms with Gasteiger partial charge in [-0.2, -0.15) is 0 Å². The second-order valence-electron chi connectivity index (χ2n) is 22.4. The maximum absolute atomic E-state index is 11.7. The minimum absolute atomic E-state index is 0. The summed E-state index contributed by atoms with van der Waals surface area (Å²) < 4.78 is 0. The van der Waals surface area contributed by atoms with Crippen molar-refractivity contribution in [3.63, 3.8) is 0 Å². The van der Waals surface area contributed by atoms with Crippen LogP contribution in [0.4, 0.5) is 0 Å². The van der Waals surface area contributed by atoms with Crippen molar-refractivity contribution in [1.82, 2.24) is 9.80 Å². The molecule has 0 bridgehead atoms. The van der Waals surface area contributed by atoms with Crippen molar-refractivity contribution in [1.29, 1.82) is 0 Å². The molecule has 4 fully saturated rings. The van der Waals surface area contributed by atoms with E-state index in [0.717, 1.165) is 47.4 Å². The fourth-order valence-corrected chi connectivity index (χ4v) is 10.2. The molecule has 318 valence electrons. The zero-order valence-electron chi connectivity index (χ0n) is 38.1. The molecule has 5 atom stereocenters. The topological polar surface area (TPSA) is 71.7 Å². The predicted octanol–water partition coefficient (Wildman–Crippen LogP) is 8.24. The van der Waals surface area contributed by atoms with Crippen LogP contribution >= 0.6 is 0 Å². The molecule has 3 saturated carbocycles. The van der Waals surface area contributed by atoms with Gasteiger partial charge in [0, 0.05) is 71.9 Å². The highest BCUT2D eigenvalue weighted by Crippen LogP contribution is 2.48. The molecule has 0 amide bonds. The normalized spacial score (nSPS) is 26.2. The summed E-state index contributed by atoms with van der Waals surface area (Å²) in [5.41, 5.74) is 5.34. The molecule has 1 aliphatic heterocycles. The van der Waals surface area contributed by atoms with Crippen molar-refractivity contribution in [3.8, 4) is 11.5 Å². The van der Waals surface area contributed by atoms with Gasteiger partial charge >= 0.3 is 0 Å². The third kappa shape index (κ3) is 10.3. The Hall–Kier alpha value is -2.41. The molecule has 2 aromatic carbocycles. The maximum atomic E-state index is 11.7. The summed E-state index contributed by atoms with van der Waals surface area (Å²) in [6, 6.07) is 11.0. The van der Waals surface area contributed by atoms with Crippen molar-refractivity contribution >= 4 is 12.4 Å². The summed E-state index contributed by atoms with van der Waals surface area (Å²) in [6.45, 7) is 30.6. The molecule has 3 aliphatic carbocycles. The summed E-state index contributed by atoms with van der Waals surface area (Å²) in [6.07, 6.45) is 17.6. The molecular formula is C50H78ClN4O2-. The van der Waals surface area contributed by atoms with Gasteiger partial charge in [0.25, 0.3) is 0 Å². The minimum atomic E-state index is -0.208. The second-order valence-corrected chi connectivity index (χ2v) is 22.4. The molecule has 0 radical (unpaired) electrons. The van der Waals surface area contributed by atoms with Crippen LogP contribution in [0.25, 0.3) is 0 Å². The predicted molar refractivity (Wildman–Crippen MR) is 238 cm³/mol. The lowest BCUT2D eigenvalue weighted by Gasteiger charge is -2.43. The van der Waals surface area contributed by atoms with Crippen LogP contribution < -0.4 is 12.4 Å². The van der Waals surface area contributed by atoms with Crippen LogP contribution in [0.3, 0.4) is 0 Å². The Kier molecular flexibility index (Phi) is 13.9. The van der Waals surface area contributed by atoms with E-state index in [1.165, 1.54) is 75.3 Å². The lowest BCUT2D eigenvalue weighted by atomic mass is 9.79. The number of halogens is 1. The monoisotopic (exact) mass is 802 g/mol. The largest absolute Gasteiger partial charge is 1.00 e. The van der Waals surface area contributed by atoms with Crippen molar-refractivity contribution in [3.05, 3.63) is 57.6 Å². The van der Waals surface area contributed by atoms with E-state index in [2.05, 4.69) is 124 Å². The molecule has 1 heterocycles. The first-order valence-electron chi connectivity index (χ1n) is 22.4. The number of hydrogen-bond donors (Lipinski definition) is 2. The third-order valence-electron chi connectivity index (χ3n) is 13.8. The van der Waals surface area contributed by atoms with E-state index < -0.39 is 0 Å². The molecule has 0 spiro atoms. The Morgan fingerprint density at radius 1 is 0.579 bits per heavy atom. The van der Waals surface area contributed by atoms with E-state index in [4.69, 9.17) is 9.98 Å². The fourth-order valence-electron chi connectivity index (χ4n) is 10.2. The number of hydrogen-bond acceptors (Lipinski definition) is 6. The minimum Gasteiger partial charge on any atom is -1.00 e. The number of aromatic hydroxyl groups is 2. The third-order valence-corrected chi connectivity index (χ3v) is 13.8. The van der Waals surface area contributed by atoms with Gasteiger partial charge in [0.2, 0.25) is 0 Å². The molecule has 7 heteroatoms. The van der Waals surface area contributed by atoms with Crippen LogP contribution in [-0.4, -0.2) is 81.8 Å². The van der Waals surface area contributed by atoms with Crippen LogP contribution in [0, 0.1) is 5.92 Å². The van der Waals surface area contributed by atoms with Gasteiger partial charge in [0.1, 0.15) is 11.5 Å².